The molecule has 0 bridgehead atoms. The highest BCUT2D eigenvalue weighted by Gasteiger charge is 2.21. The Balaban J connectivity index is 0.000000755. The lowest BCUT2D eigenvalue weighted by Crippen LogP contribution is -2.14. The molecule has 4 aromatic carbocycles. The molecule has 9 unspecified atom stereocenters. The second-order valence-corrected chi connectivity index (χ2v) is 27.3. The molecule has 0 aliphatic carbocycles. The van der Waals surface area contributed by atoms with Crippen molar-refractivity contribution in [1.29, 1.82) is 0 Å². The molecule has 0 aliphatic heterocycles. The third-order valence-electron chi connectivity index (χ3n) is 19.9. The SMILES string of the molecule is C.CCC(CCBr)CCC(CC)CC(CC)CCBr.CCC(CCOc1cc(OC)ccc1C=O)CCC(CC)CC(CC)CCOc1cc(OC)ccc1C=O.CCC(CCOc1cc(OC)ccc1CO)CCC(CC)CC(CC)CCOc1cc(OC)ccc1CO. The van der Waals surface area contributed by atoms with Crippen LogP contribution in [0.1, 0.15) is 256 Å². The number of rotatable bonds is 52. The highest BCUT2D eigenvalue weighted by molar-refractivity contribution is 9.09. The summed E-state index contributed by atoms with van der Waals surface area (Å²) in [6.07, 6.45) is 30.8. The van der Waals surface area contributed by atoms with Gasteiger partial charge >= 0.3 is 0 Å². The predicted molar refractivity (Wildman–Crippen MR) is 404 cm³/mol. The van der Waals surface area contributed by atoms with Crippen molar-refractivity contribution >= 4 is 44.4 Å². The standard InChI is InChI=1S/C32H50O6.C32H46O6.C16H32Br2.CH4/c2*1-6-24(15-17-37-31-20-29(35-4)13-11-27(31)22-33)9-10-25(7-2)19-26(8-3)16-18-38-32-21-30(36-5)14-12-28(32)23-34;1-4-14(9-11-17)7-8-15(5-2)13-16(6-3)10-12-18;/h11-14,20-21,24-26,33-34H,6-10,15-19,22-23H2,1-5H3;11-14,20-26H,6-10,15-19H2,1-5H3;14-16H,4-13H2,1-3H3;1H4. The largest absolute Gasteiger partial charge is 0.497 e. The van der Waals surface area contributed by atoms with Crippen LogP contribution in [0.2, 0.25) is 0 Å². The van der Waals surface area contributed by atoms with Crippen molar-refractivity contribution in [3.8, 4) is 46.0 Å². The smallest absolute Gasteiger partial charge is 0.153 e. The van der Waals surface area contributed by atoms with E-state index in [1.165, 1.54) is 113 Å². The summed E-state index contributed by atoms with van der Waals surface area (Å²) >= 11 is 7.17. The van der Waals surface area contributed by atoms with Crippen LogP contribution in [0.5, 0.6) is 46.0 Å². The molecule has 95 heavy (non-hydrogen) atoms. The Morgan fingerprint density at radius 2 is 0.568 bits per heavy atom. The van der Waals surface area contributed by atoms with E-state index in [2.05, 4.69) is 94.2 Å². The molecule has 0 saturated heterocycles. The first-order chi connectivity index (χ1) is 45.7. The van der Waals surface area contributed by atoms with Crippen LogP contribution in [0.3, 0.4) is 0 Å². The quantitative estimate of drug-likeness (QED) is 0.0320. The van der Waals surface area contributed by atoms with Crippen molar-refractivity contribution in [3.05, 3.63) is 95.1 Å². The van der Waals surface area contributed by atoms with Crippen molar-refractivity contribution < 1.29 is 57.7 Å². The molecule has 542 valence electrons. The zero-order chi connectivity index (χ0) is 69.3. The Hall–Kier alpha value is -4.50. The lowest BCUT2D eigenvalue weighted by molar-refractivity contribution is 0.111. The Morgan fingerprint density at radius 3 is 0.842 bits per heavy atom. The van der Waals surface area contributed by atoms with Crippen LogP contribution in [0.4, 0.5) is 0 Å². The average Bonchev–Trinajstić information content (AvgIpc) is 1.22. The summed E-state index contributed by atoms with van der Waals surface area (Å²) in [7, 11) is 6.49. The molecule has 9 atom stereocenters. The van der Waals surface area contributed by atoms with E-state index in [0.717, 1.165) is 104 Å². The van der Waals surface area contributed by atoms with Crippen LogP contribution in [-0.4, -0.2) is 88.3 Å². The number of ether oxygens (including phenoxy) is 8. The Bertz CT molecular complexity index is 2540. The minimum absolute atomic E-state index is 0. The molecule has 0 heterocycles. The fraction of sp³-hybridized carbons (Fsp3) is 0.679. The van der Waals surface area contributed by atoms with Gasteiger partial charge in [-0.3, -0.25) is 9.59 Å². The Morgan fingerprint density at radius 1 is 0.337 bits per heavy atom. The number of aliphatic hydroxyl groups is 2. The molecule has 0 fully saturated rings. The fourth-order valence-electron chi connectivity index (χ4n) is 12.7. The van der Waals surface area contributed by atoms with Crippen molar-refractivity contribution in [1.82, 2.24) is 0 Å². The van der Waals surface area contributed by atoms with Crippen LogP contribution >= 0.6 is 31.9 Å². The number of alkyl halides is 2. The van der Waals surface area contributed by atoms with Crippen LogP contribution in [0.15, 0.2) is 72.8 Å². The molecule has 14 heteroatoms. The fourth-order valence-corrected chi connectivity index (χ4v) is 13.9. The third-order valence-corrected chi connectivity index (χ3v) is 20.8. The van der Waals surface area contributed by atoms with Gasteiger partial charge in [0.15, 0.2) is 12.6 Å². The molecule has 0 aliphatic rings. The van der Waals surface area contributed by atoms with Gasteiger partial charge < -0.3 is 48.1 Å². The first kappa shape index (κ1) is 88.5. The molecule has 0 radical (unpaired) electrons. The number of benzene rings is 4. The van der Waals surface area contributed by atoms with E-state index >= 15 is 0 Å². The van der Waals surface area contributed by atoms with Gasteiger partial charge in [0.2, 0.25) is 0 Å². The van der Waals surface area contributed by atoms with Crippen molar-refractivity contribution in [2.75, 3.05) is 65.5 Å². The minimum Gasteiger partial charge on any atom is -0.497 e. The molecule has 2 N–H and O–H groups in total. The maximum atomic E-state index is 11.4. The topological polar surface area (TPSA) is 148 Å². The second kappa shape index (κ2) is 55.4. The molecule has 4 aromatic rings. The maximum absolute atomic E-state index is 11.4. The summed E-state index contributed by atoms with van der Waals surface area (Å²) in [5.74, 6) is 12.1. The molecule has 0 amide bonds. The normalized spacial score (nSPS) is 13.9. The van der Waals surface area contributed by atoms with Gasteiger partial charge in [0.25, 0.3) is 0 Å². The molecular formula is C81H132Br2O12. The molecule has 12 nitrogen and oxygen atoms in total. The summed E-state index contributed by atoms with van der Waals surface area (Å²) in [5, 5.41) is 21.6. The number of carbonyl (C=O) groups is 2. The second-order valence-electron chi connectivity index (χ2n) is 25.7. The van der Waals surface area contributed by atoms with Crippen molar-refractivity contribution in [3.63, 3.8) is 0 Å². The lowest BCUT2D eigenvalue weighted by Gasteiger charge is -2.24. The Labute approximate surface area is 595 Å². The molecule has 4 rings (SSSR count). The van der Waals surface area contributed by atoms with Gasteiger partial charge in [-0.2, -0.15) is 0 Å². The van der Waals surface area contributed by atoms with E-state index in [1.807, 2.05) is 36.4 Å². The lowest BCUT2D eigenvalue weighted by atomic mass is 9.83. The monoisotopic (exact) mass is 1450 g/mol. The van der Waals surface area contributed by atoms with Gasteiger partial charge in [0.05, 0.1) is 79.2 Å². The number of carbonyl (C=O) groups excluding carboxylic acids is 2. The highest BCUT2D eigenvalue weighted by Crippen LogP contribution is 2.35. The zero-order valence-corrected chi connectivity index (χ0v) is 63.8. The van der Waals surface area contributed by atoms with E-state index in [4.69, 9.17) is 37.9 Å². The van der Waals surface area contributed by atoms with Gasteiger partial charge in [-0.1, -0.05) is 198 Å². The van der Waals surface area contributed by atoms with E-state index in [0.29, 0.717) is 108 Å². The molecule has 0 aromatic heterocycles. The summed E-state index contributed by atoms with van der Waals surface area (Å²) in [5.41, 5.74) is 2.68. The van der Waals surface area contributed by atoms with Gasteiger partial charge in [0, 0.05) is 46.1 Å². The molecular weight excluding hydrogens is 1320 g/mol. The number of methoxy groups -OCH3 is 4. The minimum atomic E-state index is -0.0415. The number of aliphatic hydroxyl groups excluding tert-OH is 2. The first-order valence-corrected chi connectivity index (χ1v) is 38.4. The van der Waals surface area contributed by atoms with Crippen molar-refractivity contribution in [2.24, 2.45) is 53.3 Å². The summed E-state index contributed by atoms with van der Waals surface area (Å²) in [4.78, 5) is 22.7. The average molecular weight is 1460 g/mol. The van der Waals surface area contributed by atoms with Crippen molar-refractivity contribution in [2.45, 2.75) is 237 Å². The van der Waals surface area contributed by atoms with Crippen LogP contribution in [0, 0.1) is 53.3 Å². The van der Waals surface area contributed by atoms with Gasteiger partial charge in [-0.15, -0.1) is 0 Å². The van der Waals surface area contributed by atoms with Gasteiger partial charge in [-0.25, -0.2) is 0 Å². The zero-order valence-electron chi connectivity index (χ0n) is 60.6. The first-order valence-electron chi connectivity index (χ1n) is 36.2. The van der Waals surface area contributed by atoms with Crippen LogP contribution in [-0.2, 0) is 13.2 Å². The molecule has 0 spiro atoms. The molecule has 0 saturated carbocycles. The Kier molecular flexibility index (Phi) is 51.6. The number of hydrogen-bond donors (Lipinski definition) is 2. The summed E-state index contributed by atoms with van der Waals surface area (Å²) in [6, 6.07) is 21.7. The van der Waals surface area contributed by atoms with E-state index in [-0.39, 0.29) is 20.6 Å². The van der Waals surface area contributed by atoms with Gasteiger partial charge in [0.1, 0.15) is 46.0 Å². The van der Waals surface area contributed by atoms with E-state index < -0.39 is 0 Å². The van der Waals surface area contributed by atoms with Gasteiger partial charge in [-0.05, 0) is 160 Å². The maximum Gasteiger partial charge on any atom is 0.153 e. The number of halogens is 2. The highest BCUT2D eigenvalue weighted by atomic mass is 79.9. The van der Waals surface area contributed by atoms with Crippen LogP contribution in [0.25, 0.3) is 0 Å². The predicted octanol–water partition coefficient (Wildman–Crippen LogP) is 22.4. The van der Waals surface area contributed by atoms with Crippen LogP contribution < -0.4 is 37.9 Å². The van der Waals surface area contributed by atoms with E-state index in [1.54, 1.807) is 64.8 Å². The number of aldehydes is 2. The summed E-state index contributed by atoms with van der Waals surface area (Å²) in [6.45, 7) is 23.1. The van der Waals surface area contributed by atoms with E-state index in [9.17, 15) is 19.8 Å². The third kappa shape index (κ3) is 35.7. The summed E-state index contributed by atoms with van der Waals surface area (Å²) < 4.78 is 45.2. The number of hydrogen-bond acceptors (Lipinski definition) is 12.